The molecule has 2 N–H and O–H groups in total. The Labute approximate surface area is 240 Å². The number of aromatic nitrogens is 3. The van der Waals surface area contributed by atoms with Crippen LogP contribution in [0, 0.1) is 0 Å². The Morgan fingerprint density at radius 2 is 1.90 bits per heavy atom. The van der Waals surface area contributed by atoms with E-state index in [0.29, 0.717) is 16.4 Å². The van der Waals surface area contributed by atoms with E-state index < -0.39 is 0 Å². The lowest BCUT2D eigenvalue weighted by Gasteiger charge is -2.31. The van der Waals surface area contributed by atoms with Crippen LogP contribution in [0.1, 0.15) is 23.3 Å². The van der Waals surface area contributed by atoms with Gasteiger partial charge in [-0.25, -0.2) is 9.50 Å². The molecule has 6 rings (SSSR count). The molecule has 0 radical (unpaired) electrons. The van der Waals surface area contributed by atoms with Crippen molar-refractivity contribution in [3.05, 3.63) is 71.6 Å². The van der Waals surface area contributed by atoms with Gasteiger partial charge in [0.2, 0.25) is 0 Å². The highest BCUT2D eigenvalue weighted by Crippen LogP contribution is 2.30. The summed E-state index contributed by atoms with van der Waals surface area (Å²) in [6.45, 7) is 8.46. The summed E-state index contributed by atoms with van der Waals surface area (Å²) in [5, 5.41) is 11.5. The van der Waals surface area contributed by atoms with Gasteiger partial charge in [0, 0.05) is 62.6 Å². The number of nitrogens with zero attached hydrogens (tertiary/aromatic N) is 5. The van der Waals surface area contributed by atoms with Gasteiger partial charge in [0.05, 0.1) is 17.6 Å². The van der Waals surface area contributed by atoms with Gasteiger partial charge in [0.25, 0.3) is 0 Å². The molecule has 2 aromatic heterocycles. The smallest absolute Gasteiger partial charge is 0.168 e. The second-order valence-corrected chi connectivity index (χ2v) is 10.3. The van der Waals surface area contributed by atoms with Crippen LogP contribution < -0.4 is 20.3 Å². The van der Waals surface area contributed by atoms with Crippen molar-refractivity contribution in [1.82, 2.24) is 24.8 Å². The minimum Gasteiger partial charge on any atom is -0.492 e. The third kappa shape index (κ3) is 6.91. The molecule has 0 unspecified atom stereocenters. The number of anilines is 2. The molecule has 0 amide bonds. The zero-order valence-corrected chi connectivity index (χ0v) is 23.6. The number of hydrogen-bond acceptors (Lipinski definition) is 8. The normalized spacial score (nSPS) is 15.5. The van der Waals surface area contributed by atoms with Gasteiger partial charge in [-0.15, -0.1) is 0 Å². The number of piperazine rings is 1. The summed E-state index contributed by atoms with van der Waals surface area (Å²) in [6.07, 6.45) is 6.81. The first kappa shape index (κ1) is 27.9. The van der Waals surface area contributed by atoms with Gasteiger partial charge < -0.3 is 20.3 Å². The van der Waals surface area contributed by atoms with E-state index in [1.807, 2.05) is 25.2 Å². The van der Waals surface area contributed by atoms with Crippen LogP contribution in [0.3, 0.4) is 0 Å². The number of benzene rings is 2. The van der Waals surface area contributed by atoms with Crippen LogP contribution in [0.4, 0.5) is 11.4 Å². The van der Waals surface area contributed by atoms with Crippen molar-refractivity contribution in [2.75, 3.05) is 69.7 Å². The van der Waals surface area contributed by atoms with Crippen LogP contribution in [0.5, 0.6) is 5.75 Å². The van der Waals surface area contributed by atoms with Gasteiger partial charge >= 0.3 is 0 Å². The Morgan fingerprint density at radius 1 is 1.07 bits per heavy atom. The number of fused-ring (bicyclic) bond motifs is 1. The van der Waals surface area contributed by atoms with E-state index in [9.17, 15) is 4.79 Å². The second kappa shape index (κ2) is 13.6. The van der Waals surface area contributed by atoms with E-state index in [0.717, 1.165) is 62.5 Å². The van der Waals surface area contributed by atoms with Gasteiger partial charge in [-0.3, -0.25) is 9.69 Å². The molecule has 2 aromatic carbocycles. The van der Waals surface area contributed by atoms with Gasteiger partial charge in [-0.05, 0) is 61.8 Å². The summed E-state index contributed by atoms with van der Waals surface area (Å²) < 4.78 is 7.62. The molecular formula is C30H36ClN7O2. The van der Waals surface area contributed by atoms with Crippen molar-refractivity contribution in [1.29, 1.82) is 0 Å². The molecule has 2 fully saturated rings. The quantitative estimate of drug-likeness (QED) is 0.305. The van der Waals surface area contributed by atoms with Gasteiger partial charge in [-0.1, -0.05) is 23.7 Å². The zero-order valence-electron chi connectivity index (χ0n) is 22.9. The Bertz CT molecular complexity index is 1410. The molecule has 9 nitrogen and oxygen atoms in total. The van der Waals surface area contributed by atoms with Crippen LogP contribution in [-0.2, 0) is 0 Å². The number of carbonyl (C=O) groups is 1. The number of rotatable bonds is 8. The molecule has 0 atom stereocenters. The average molecular weight is 562 g/mol. The van der Waals surface area contributed by atoms with Crippen molar-refractivity contribution in [2.24, 2.45) is 0 Å². The number of halogens is 1. The average Bonchev–Trinajstić information content (AvgIpc) is 3.68. The Kier molecular flexibility index (Phi) is 9.49. The van der Waals surface area contributed by atoms with E-state index in [4.69, 9.17) is 16.3 Å². The maximum absolute atomic E-state index is 10.8. The number of likely N-dealkylation sites (tertiary alicyclic amines) is 1. The minimum atomic E-state index is 0.381. The lowest BCUT2D eigenvalue weighted by atomic mass is 10.1. The molecule has 4 aromatic rings. The van der Waals surface area contributed by atoms with E-state index in [1.165, 1.54) is 37.3 Å². The number of nitrogens with one attached hydrogen (secondary N) is 2. The molecule has 40 heavy (non-hydrogen) atoms. The summed E-state index contributed by atoms with van der Waals surface area (Å²) in [6, 6.07) is 15.4. The van der Waals surface area contributed by atoms with Crippen LogP contribution >= 0.6 is 11.6 Å². The van der Waals surface area contributed by atoms with Gasteiger partial charge in [0.1, 0.15) is 18.1 Å². The SMILES string of the molecule is CNc1ccc(OCCN2CCCC2)cc1N1CCNCC1.O=Cc1ccn2ncc(-c3cccc(Cl)c3)c2n1. The lowest BCUT2D eigenvalue weighted by Crippen LogP contribution is -2.43. The van der Waals surface area contributed by atoms with E-state index in [1.54, 1.807) is 29.0 Å². The number of carbonyl (C=O) groups excluding carboxylic acids is 1. The highest BCUT2D eigenvalue weighted by molar-refractivity contribution is 6.30. The lowest BCUT2D eigenvalue weighted by molar-refractivity contribution is 0.111. The fourth-order valence-electron chi connectivity index (χ4n) is 5.09. The zero-order chi connectivity index (χ0) is 27.7. The van der Waals surface area contributed by atoms with Gasteiger partial charge in [-0.2, -0.15) is 5.10 Å². The maximum Gasteiger partial charge on any atom is 0.168 e. The third-order valence-electron chi connectivity index (χ3n) is 7.22. The summed E-state index contributed by atoms with van der Waals surface area (Å²) in [5.41, 5.74) is 5.22. The summed E-state index contributed by atoms with van der Waals surface area (Å²) in [5.74, 6) is 0.978. The topological polar surface area (TPSA) is 87.0 Å². The maximum atomic E-state index is 10.8. The van der Waals surface area contributed by atoms with E-state index >= 15 is 0 Å². The Morgan fingerprint density at radius 3 is 2.65 bits per heavy atom. The second-order valence-electron chi connectivity index (χ2n) is 9.87. The highest BCUT2D eigenvalue weighted by atomic mass is 35.5. The highest BCUT2D eigenvalue weighted by Gasteiger charge is 2.16. The first-order chi connectivity index (χ1) is 19.6. The first-order valence-corrected chi connectivity index (χ1v) is 14.2. The molecule has 10 heteroatoms. The molecule has 210 valence electrons. The molecule has 4 heterocycles. The third-order valence-corrected chi connectivity index (χ3v) is 7.45. The van der Waals surface area contributed by atoms with Crippen molar-refractivity contribution < 1.29 is 9.53 Å². The molecule has 0 spiro atoms. The predicted octanol–water partition coefficient (Wildman–Crippen LogP) is 4.47. The van der Waals surface area contributed by atoms with Crippen LogP contribution in [-0.4, -0.2) is 85.3 Å². The van der Waals surface area contributed by atoms with Crippen LogP contribution in [0.25, 0.3) is 16.8 Å². The van der Waals surface area contributed by atoms with E-state index in [-0.39, 0.29) is 0 Å². The summed E-state index contributed by atoms with van der Waals surface area (Å²) >= 11 is 5.97. The fraction of sp³-hybridized carbons (Fsp3) is 0.367. The minimum absolute atomic E-state index is 0.381. The summed E-state index contributed by atoms with van der Waals surface area (Å²) in [4.78, 5) is 19.9. The van der Waals surface area contributed by atoms with Crippen LogP contribution in [0.2, 0.25) is 5.02 Å². The number of aldehydes is 1. The summed E-state index contributed by atoms with van der Waals surface area (Å²) in [7, 11) is 1.98. The van der Waals surface area contributed by atoms with Crippen molar-refractivity contribution in [3.63, 3.8) is 0 Å². The molecule has 0 bridgehead atoms. The monoisotopic (exact) mass is 561 g/mol. The van der Waals surface area contributed by atoms with Crippen molar-refractivity contribution in [3.8, 4) is 16.9 Å². The predicted molar refractivity (Wildman–Crippen MR) is 161 cm³/mol. The van der Waals surface area contributed by atoms with Crippen molar-refractivity contribution in [2.45, 2.75) is 12.8 Å². The number of ether oxygens (including phenoxy) is 1. The van der Waals surface area contributed by atoms with E-state index in [2.05, 4.69) is 48.7 Å². The Hall–Kier alpha value is -3.66. The largest absolute Gasteiger partial charge is 0.492 e. The van der Waals surface area contributed by atoms with Gasteiger partial charge in [0.15, 0.2) is 11.9 Å². The number of hydrogen-bond donors (Lipinski definition) is 2. The molecular weight excluding hydrogens is 526 g/mol. The molecule has 2 aliphatic heterocycles. The van der Waals surface area contributed by atoms with Crippen molar-refractivity contribution >= 4 is 34.9 Å². The molecule has 0 aliphatic carbocycles. The first-order valence-electron chi connectivity index (χ1n) is 13.8. The Balaban J connectivity index is 0.000000164. The molecule has 0 saturated carbocycles. The molecule has 2 saturated heterocycles. The fourth-order valence-corrected chi connectivity index (χ4v) is 5.28. The molecule has 2 aliphatic rings. The standard InChI is InChI=1S/C17H28N4O.C13H8ClN3O/c1-18-16-5-4-15(22-13-12-20-8-2-3-9-20)14-17(16)21-10-6-19-7-11-21;14-10-3-1-2-9(6-10)12-7-15-17-5-4-11(8-18)16-13(12)17/h4-5,14,18-19H,2-3,6-13H2,1H3;1-8H. The van der Waals surface area contributed by atoms with Crippen LogP contribution in [0.15, 0.2) is 60.9 Å².